The van der Waals surface area contributed by atoms with Gasteiger partial charge < -0.3 is 13.6 Å². The third kappa shape index (κ3) is 7.19. The molecule has 306 valence electrons. The molecule has 0 amide bonds. The summed E-state index contributed by atoms with van der Waals surface area (Å²) in [6.07, 6.45) is 16.7. The van der Waals surface area contributed by atoms with Crippen LogP contribution < -0.4 is 0 Å². The van der Waals surface area contributed by atoms with Crippen molar-refractivity contribution < 1.29 is 19.1 Å². The second kappa shape index (κ2) is 16.2. The van der Waals surface area contributed by atoms with Crippen LogP contribution in [0.2, 0.25) is 0 Å². The monoisotopic (exact) mass is 800 g/mol. The van der Waals surface area contributed by atoms with Crippen molar-refractivity contribution in [1.82, 2.24) is 19.9 Å². The van der Waals surface area contributed by atoms with Crippen LogP contribution in [0.3, 0.4) is 0 Å². The van der Waals surface area contributed by atoms with Crippen molar-refractivity contribution in [1.29, 1.82) is 0 Å². The molecule has 4 bridgehead atoms. The van der Waals surface area contributed by atoms with E-state index in [2.05, 4.69) is 52.6 Å². The van der Waals surface area contributed by atoms with E-state index in [0.29, 0.717) is 28.8 Å². The van der Waals surface area contributed by atoms with Gasteiger partial charge in [-0.1, -0.05) is 56.7 Å². The molecule has 7 nitrogen and oxygen atoms in total. The van der Waals surface area contributed by atoms with Crippen LogP contribution in [0, 0.1) is 37.4 Å². The van der Waals surface area contributed by atoms with Gasteiger partial charge in [-0.2, -0.15) is 0 Å². The second-order valence-electron chi connectivity index (χ2n) is 17.5. The van der Waals surface area contributed by atoms with Gasteiger partial charge >= 0.3 is 0 Å². The van der Waals surface area contributed by atoms with Crippen molar-refractivity contribution in [2.45, 2.75) is 97.2 Å². The summed E-state index contributed by atoms with van der Waals surface area (Å²) in [5.41, 5.74) is 9.59. The number of benzene rings is 2. The Morgan fingerprint density at radius 3 is 1.67 bits per heavy atom. The van der Waals surface area contributed by atoms with Gasteiger partial charge in [-0.05, 0) is 160 Å². The van der Waals surface area contributed by atoms with Gasteiger partial charge in [0.15, 0.2) is 0 Å². The van der Waals surface area contributed by atoms with Crippen molar-refractivity contribution in [3.8, 4) is 22.5 Å². The van der Waals surface area contributed by atoms with Gasteiger partial charge in [0.1, 0.15) is 11.2 Å². The maximum atomic E-state index is 9.05. The van der Waals surface area contributed by atoms with Crippen LogP contribution in [0.25, 0.3) is 66.7 Å². The number of para-hydroxylation sites is 2. The standard InChI is InChI=1S/2C24H22N2O.C4H8O.CH4/c2*1-14-5-9-19-18-3-2-4-20(23(18)27-24(19)26-14)22-10-8-17(13-25-22)21-12-15-6-7-16(21)11-15;1-2-4-5-3-1;/h2*2-5,8-10,13,15-16,21H,6-7,11-12H2,1H3;1-4H2;1H4/i1D3,21D;;;. The molecule has 0 radical (unpaired) electrons. The van der Waals surface area contributed by atoms with E-state index < -0.39 is 12.7 Å². The summed E-state index contributed by atoms with van der Waals surface area (Å²) >= 11 is 0. The first-order chi connectivity index (χ1) is 30.6. The largest absolute Gasteiger partial charge is 0.437 e. The highest BCUT2D eigenvalue weighted by Gasteiger charge is 2.41. The molecule has 60 heavy (non-hydrogen) atoms. The molecule has 4 aliphatic carbocycles. The van der Waals surface area contributed by atoms with Gasteiger partial charge in [-0.15, -0.1) is 0 Å². The third-order valence-corrected chi connectivity index (χ3v) is 13.9. The number of hydrogen-bond acceptors (Lipinski definition) is 7. The zero-order chi connectivity index (χ0) is 42.9. The van der Waals surface area contributed by atoms with Crippen LogP contribution in [0.1, 0.15) is 111 Å². The second-order valence-corrected chi connectivity index (χ2v) is 17.5. The summed E-state index contributed by atoms with van der Waals surface area (Å²) in [5, 5.41) is 3.84. The summed E-state index contributed by atoms with van der Waals surface area (Å²) < 4.78 is 49.0. The Hall–Kier alpha value is -5.40. The van der Waals surface area contributed by atoms with E-state index in [1.807, 2.05) is 49.5 Å². The molecule has 7 heteroatoms. The molecule has 8 aromatic rings. The summed E-state index contributed by atoms with van der Waals surface area (Å²) in [6.45, 7) is 1.71. The molecular formula is C53H56N4O3. The topological polar surface area (TPSA) is 87.1 Å². The van der Waals surface area contributed by atoms with E-state index in [1.54, 1.807) is 6.07 Å². The highest BCUT2D eigenvalue weighted by Crippen LogP contribution is 2.54. The first-order valence-electron chi connectivity index (χ1n) is 23.7. The molecule has 1 aliphatic heterocycles. The average molecular weight is 801 g/mol. The van der Waals surface area contributed by atoms with Crippen molar-refractivity contribution in [2.24, 2.45) is 23.7 Å². The first kappa shape index (κ1) is 34.3. The minimum atomic E-state index is -2.28. The van der Waals surface area contributed by atoms with Gasteiger partial charge in [-0.3, -0.25) is 9.97 Å². The predicted molar refractivity (Wildman–Crippen MR) is 242 cm³/mol. The Balaban J connectivity index is 0.000000135. The predicted octanol–water partition coefficient (Wildman–Crippen LogP) is 13.9. The molecule has 6 aromatic heterocycles. The summed E-state index contributed by atoms with van der Waals surface area (Å²) in [7, 11) is 0. The first-order valence-corrected chi connectivity index (χ1v) is 21.7. The number of furan rings is 2. The molecule has 6 atom stereocenters. The van der Waals surface area contributed by atoms with E-state index in [0.717, 1.165) is 105 Å². The van der Waals surface area contributed by atoms with E-state index >= 15 is 0 Å². The molecule has 5 aliphatic rings. The number of pyridine rings is 4. The third-order valence-electron chi connectivity index (χ3n) is 13.9. The Kier molecular flexibility index (Phi) is 9.28. The molecule has 7 heterocycles. The van der Waals surface area contributed by atoms with Crippen LogP contribution in [-0.2, 0) is 4.74 Å². The number of hydrogen-bond donors (Lipinski definition) is 0. The molecule has 0 spiro atoms. The van der Waals surface area contributed by atoms with Gasteiger partial charge in [0.25, 0.3) is 0 Å². The number of ether oxygens (including phenoxy) is 1. The van der Waals surface area contributed by atoms with Crippen LogP contribution in [0.15, 0.2) is 106 Å². The zero-order valence-electron chi connectivity index (χ0n) is 37.6. The normalized spacial score (nSPS) is 26.2. The van der Waals surface area contributed by atoms with Crippen molar-refractivity contribution in [3.63, 3.8) is 0 Å². The highest BCUT2D eigenvalue weighted by molar-refractivity contribution is 6.09. The maximum absolute atomic E-state index is 9.05. The van der Waals surface area contributed by atoms with Crippen molar-refractivity contribution >= 4 is 44.1 Å². The van der Waals surface area contributed by atoms with E-state index in [9.17, 15) is 0 Å². The Morgan fingerprint density at radius 2 is 1.17 bits per heavy atom. The maximum Gasteiger partial charge on any atom is 0.227 e. The minimum absolute atomic E-state index is 0. The quantitative estimate of drug-likeness (QED) is 0.175. The van der Waals surface area contributed by atoms with E-state index in [-0.39, 0.29) is 13.1 Å². The van der Waals surface area contributed by atoms with Crippen LogP contribution in [0.4, 0.5) is 0 Å². The van der Waals surface area contributed by atoms with Gasteiger partial charge in [-0.25, -0.2) is 9.97 Å². The van der Waals surface area contributed by atoms with Crippen molar-refractivity contribution in [2.75, 3.05) is 13.2 Å². The SMILES string of the molecule is C.C1CCOC1.Cc1ccc2c(n1)oc1c(-c3ccc(C4CC5CCC4C5)cn3)cccc12.[2H]C([2H])([2H])c1ccc2c(n1)oc1c(-c3ccc(C4([2H])CC5CCC4C5)cn3)cccc12. The highest BCUT2D eigenvalue weighted by atomic mass is 16.5. The number of aryl methyl sites for hydroxylation is 2. The Morgan fingerprint density at radius 1 is 0.583 bits per heavy atom. The van der Waals surface area contributed by atoms with Gasteiger partial charge in [0.2, 0.25) is 11.4 Å². The van der Waals surface area contributed by atoms with Crippen LogP contribution in [0.5, 0.6) is 0 Å². The fraction of sp³-hybridized carbons (Fsp3) is 0.396. The lowest BCUT2D eigenvalue weighted by atomic mass is 9.84. The Bertz CT molecular complexity index is 2950. The molecule has 13 rings (SSSR count). The number of rotatable bonds is 4. The molecular weight excluding hydrogens is 741 g/mol. The number of aromatic nitrogens is 4. The summed E-state index contributed by atoms with van der Waals surface area (Å²) in [5.74, 6) is 3.20. The van der Waals surface area contributed by atoms with Gasteiger partial charge in [0, 0.05) is 75.2 Å². The molecule has 5 fully saturated rings. The summed E-state index contributed by atoms with van der Waals surface area (Å²) in [6, 6.07) is 28.0. The lowest BCUT2D eigenvalue weighted by molar-refractivity contribution is 0.198. The fourth-order valence-electron chi connectivity index (χ4n) is 11.0. The van der Waals surface area contributed by atoms with Gasteiger partial charge in [0.05, 0.1) is 11.4 Å². The molecule has 4 saturated carbocycles. The molecule has 1 saturated heterocycles. The van der Waals surface area contributed by atoms with Crippen LogP contribution in [-0.4, -0.2) is 33.1 Å². The minimum Gasteiger partial charge on any atom is -0.437 e. The van der Waals surface area contributed by atoms with E-state index in [1.165, 1.54) is 63.0 Å². The molecule has 2 aromatic carbocycles. The Labute approximate surface area is 358 Å². The number of fused-ring (bicyclic) bond motifs is 10. The smallest absolute Gasteiger partial charge is 0.227 e. The average Bonchev–Trinajstić information content (AvgIpc) is 4.17. The van der Waals surface area contributed by atoms with Crippen molar-refractivity contribution in [3.05, 3.63) is 120 Å². The molecule has 0 N–H and O–H groups in total. The fourth-order valence-corrected chi connectivity index (χ4v) is 11.0. The number of nitrogens with zero attached hydrogens (tertiary/aromatic N) is 4. The van der Waals surface area contributed by atoms with Crippen LogP contribution >= 0.6 is 0 Å². The summed E-state index contributed by atoms with van der Waals surface area (Å²) in [4.78, 5) is 18.3. The lowest BCUT2D eigenvalue weighted by Crippen LogP contribution is -2.08. The molecule has 6 unspecified atom stereocenters. The zero-order valence-corrected chi connectivity index (χ0v) is 33.6. The lowest BCUT2D eigenvalue weighted by Gasteiger charge is -2.21. The van der Waals surface area contributed by atoms with E-state index in [4.69, 9.17) is 29.0 Å².